The third-order valence-electron chi connectivity index (χ3n) is 7.66. The Hall–Kier alpha value is -2.43. The molecular formula is C23H24N2O3. The molecule has 4 aliphatic carbocycles. The number of rotatable bonds is 2. The molecular weight excluding hydrogens is 352 g/mol. The summed E-state index contributed by atoms with van der Waals surface area (Å²) in [4.78, 5) is 42.7. The van der Waals surface area contributed by atoms with Gasteiger partial charge in [-0.15, -0.1) is 0 Å². The number of benzene rings is 1. The first kappa shape index (κ1) is 16.5. The minimum absolute atomic E-state index is 0.000965. The molecule has 6 aliphatic rings. The molecule has 1 aromatic rings. The predicted octanol–water partition coefficient (Wildman–Crippen LogP) is 2.87. The maximum atomic E-state index is 13.3. The van der Waals surface area contributed by atoms with E-state index >= 15 is 0 Å². The largest absolute Gasteiger partial charge is 0.339 e. The fourth-order valence-electron chi connectivity index (χ4n) is 6.27. The standard InChI is InChI=1S/C23H24N2O3/c26-21(24-9-2-1-3-10-24)13-5-4-6-14(11-13)25-22(27)19-15-7-8-16(18-12-17(15)18)20(19)23(25)28/h4-8,11,15-20H,1-3,9-10,12H2/t15-,16-,17-,18-,19-,20+/m0/s1. The Bertz CT molecular complexity index is 880. The Balaban J connectivity index is 1.31. The lowest BCUT2D eigenvalue weighted by Crippen LogP contribution is -2.40. The monoisotopic (exact) mass is 376 g/mol. The highest BCUT2D eigenvalue weighted by molar-refractivity contribution is 6.23. The SMILES string of the molecule is O=C(c1cccc(N2C(=O)[C@@H]3[C@H]4C=C[C@@H]([C@@H]5C[C@@H]45)[C@@H]3C2=O)c1)N1CCCCC1. The zero-order chi connectivity index (χ0) is 19.0. The van der Waals surface area contributed by atoms with Gasteiger partial charge in [-0.2, -0.15) is 0 Å². The smallest absolute Gasteiger partial charge is 0.253 e. The molecule has 1 aromatic carbocycles. The average Bonchev–Trinajstić information content (AvgIpc) is 3.52. The van der Waals surface area contributed by atoms with Crippen LogP contribution >= 0.6 is 0 Å². The first-order valence-electron chi connectivity index (χ1n) is 10.6. The number of anilines is 1. The van der Waals surface area contributed by atoms with Crippen LogP contribution in [0.15, 0.2) is 36.4 Å². The van der Waals surface area contributed by atoms with Crippen molar-refractivity contribution < 1.29 is 14.4 Å². The molecule has 2 heterocycles. The van der Waals surface area contributed by atoms with Gasteiger partial charge in [0.15, 0.2) is 0 Å². The van der Waals surface area contributed by atoms with E-state index in [9.17, 15) is 14.4 Å². The lowest BCUT2D eigenvalue weighted by molar-refractivity contribution is -0.124. The molecule has 3 amide bonds. The number of hydrogen-bond donors (Lipinski definition) is 0. The quantitative estimate of drug-likeness (QED) is 0.589. The summed E-state index contributed by atoms with van der Waals surface area (Å²) in [5.41, 5.74) is 1.12. The van der Waals surface area contributed by atoms with E-state index in [1.165, 1.54) is 11.3 Å². The highest BCUT2D eigenvalue weighted by Crippen LogP contribution is 2.65. The van der Waals surface area contributed by atoms with Crippen molar-refractivity contribution in [2.24, 2.45) is 35.5 Å². The molecule has 2 saturated carbocycles. The second-order valence-corrected chi connectivity index (χ2v) is 9.07. The van der Waals surface area contributed by atoms with Gasteiger partial charge in [0.05, 0.1) is 17.5 Å². The van der Waals surface area contributed by atoms with Crippen LogP contribution in [0.1, 0.15) is 36.0 Å². The molecule has 5 nitrogen and oxygen atoms in total. The summed E-state index contributed by atoms with van der Waals surface area (Å²) in [5.74, 6) is 1.10. The fraction of sp³-hybridized carbons (Fsp3) is 0.522. The van der Waals surface area contributed by atoms with Crippen LogP contribution in [0.25, 0.3) is 0 Å². The highest BCUT2D eigenvalue weighted by Gasteiger charge is 2.67. The number of likely N-dealkylation sites (tertiary alicyclic amines) is 1. The van der Waals surface area contributed by atoms with Gasteiger partial charge in [-0.05, 0) is 67.6 Å². The minimum atomic E-state index is -0.201. The number of carbonyl (C=O) groups is 3. The van der Waals surface area contributed by atoms with Crippen molar-refractivity contribution in [2.75, 3.05) is 18.0 Å². The van der Waals surface area contributed by atoms with Gasteiger partial charge in [0.2, 0.25) is 11.8 Å². The lowest BCUT2D eigenvalue weighted by Gasteiger charge is -2.37. The van der Waals surface area contributed by atoms with Gasteiger partial charge < -0.3 is 4.90 Å². The van der Waals surface area contributed by atoms with Crippen molar-refractivity contribution in [3.05, 3.63) is 42.0 Å². The number of allylic oxidation sites excluding steroid dienone is 2. The van der Waals surface area contributed by atoms with Crippen LogP contribution in [0.2, 0.25) is 0 Å². The summed E-state index contributed by atoms with van der Waals surface area (Å²) < 4.78 is 0. The number of hydrogen-bond acceptors (Lipinski definition) is 3. The molecule has 0 N–H and O–H groups in total. The van der Waals surface area contributed by atoms with Crippen molar-refractivity contribution in [1.82, 2.24) is 4.90 Å². The first-order chi connectivity index (χ1) is 13.6. The van der Waals surface area contributed by atoms with E-state index in [0.29, 0.717) is 23.1 Å². The van der Waals surface area contributed by atoms with Crippen molar-refractivity contribution >= 4 is 23.4 Å². The second-order valence-electron chi connectivity index (χ2n) is 9.07. The Labute approximate surface area is 164 Å². The van der Waals surface area contributed by atoms with Gasteiger partial charge in [-0.25, -0.2) is 4.90 Å². The van der Waals surface area contributed by atoms with Crippen molar-refractivity contribution in [2.45, 2.75) is 25.7 Å². The number of amides is 3. The van der Waals surface area contributed by atoms with E-state index < -0.39 is 0 Å². The van der Waals surface area contributed by atoms with Crippen LogP contribution in [0.3, 0.4) is 0 Å². The molecule has 2 saturated heterocycles. The molecule has 0 aromatic heterocycles. The second kappa shape index (κ2) is 5.79. The molecule has 7 rings (SSSR count). The molecule has 2 aliphatic heterocycles. The summed E-state index contributed by atoms with van der Waals surface area (Å²) in [6.07, 6.45) is 8.78. The van der Waals surface area contributed by atoms with Crippen LogP contribution in [0, 0.1) is 35.5 Å². The van der Waals surface area contributed by atoms with Crippen LogP contribution in [0.4, 0.5) is 5.69 Å². The molecule has 144 valence electrons. The van der Waals surface area contributed by atoms with Crippen LogP contribution in [-0.2, 0) is 9.59 Å². The molecule has 4 fully saturated rings. The Morgan fingerprint density at radius 1 is 0.893 bits per heavy atom. The van der Waals surface area contributed by atoms with Gasteiger partial charge in [-0.1, -0.05) is 18.2 Å². The summed E-state index contributed by atoms with van der Waals surface area (Å²) >= 11 is 0. The number of piperidine rings is 1. The van der Waals surface area contributed by atoms with E-state index in [1.54, 1.807) is 24.3 Å². The topological polar surface area (TPSA) is 57.7 Å². The van der Waals surface area contributed by atoms with E-state index in [4.69, 9.17) is 0 Å². The highest BCUT2D eigenvalue weighted by atomic mass is 16.2. The minimum Gasteiger partial charge on any atom is -0.339 e. The third kappa shape index (κ3) is 2.16. The van der Waals surface area contributed by atoms with Gasteiger partial charge in [0.25, 0.3) is 5.91 Å². The number of nitrogens with zero attached hydrogens (tertiary/aromatic N) is 2. The summed E-state index contributed by atoms with van der Waals surface area (Å²) in [5, 5.41) is 0. The molecule has 0 unspecified atom stereocenters. The normalized spacial score (nSPS) is 37.9. The molecule has 0 spiro atoms. The Morgan fingerprint density at radius 2 is 1.54 bits per heavy atom. The summed E-state index contributed by atoms with van der Waals surface area (Å²) in [6, 6.07) is 7.11. The number of carbonyl (C=O) groups excluding carboxylic acids is 3. The fourth-order valence-corrected chi connectivity index (χ4v) is 6.27. The van der Waals surface area contributed by atoms with Crippen LogP contribution in [0.5, 0.6) is 0 Å². The molecule has 28 heavy (non-hydrogen) atoms. The maximum Gasteiger partial charge on any atom is 0.253 e. The molecule has 6 atom stereocenters. The van der Waals surface area contributed by atoms with Crippen molar-refractivity contribution in [3.63, 3.8) is 0 Å². The number of imide groups is 1. The zero-order valence-corrected chi connectivity index (χ0v) is 15.8. The van der Waals surface area contributed by atoms with Gasteiger partial charge in [0.1, 0.15) is 0 Å². The third-order valence-corrected chi connectivity index (χ3v) is 7.66. The van der Waals surface area contributed by atoms with E-state index in [2.05, 4.69) is 12.2 Å². The van der Waals surface area contributed by atoms with Gasteiger partial charge >= 0.3 is 0 Å². The van der Waals surface area contributed by atoms with Crippen molar-refractivity contribution in [1.29, 1.82) is 0 Å². The summed E-state index contributed by atoms with van der Waals surface area (Å²) in [6.45, 7) is 1.57. The lowest BCUT2D eigenvalue weighted by atomic mass is 9.63. The Morgan fingerprint density at radius 3 is 2.18 bits per heavy atom. The van der Waals surface area contributed by atoms with E-state index in [0.717, 1.165) is 32.4 Å². The van der Waals surface area contributed by atoms with Gasteiger partial charge in [0, 0.05) is 18.7 Å². The molecule has 2 bridgehead atoms. The molecule has 0 radical (unpaired) electrons. The van der Waals surface area contributed by atoms with E-state index in [-0.39, 0.29) is 41.4 Å². The maximum absolute atomic E-state index is 13.3. The average molecular weight is 376 g/mol. The van der Waals surface area contributed by atoms with Crippen LogP contribution < -0.4 is 4.90 Å². The predicted molar refractivity (Wildman–Crippen MR) is 103 cm³/mol. The van der Waals surface area contributed by atoms with E-state index in [1.807, 2.05) is 4.90 Å². The first-order valence-corrected chi connectivity index (χ1v) is 10.6. The summed E-state index contributed by atoms with van der Waals surface area (Å²) in [7, 11) is 0. The molecule has 5 heteroatoms. The van der Waals surface area contributed by atoms with Crippen LogP contribution in [-0.4, -0.2) is 35.7 Å². The van der Waals surface area contributed by atoms with Gasteiger partial charge in [-0.3, -0.25) is 14.4 Å². The van der Waals surface area contributed by atoms with Crippen molar-refractivity contribution in [3.8, 4) is 0 Å². The Kier molecular flexibility index (Phi) is 3.41. The zero-order valence-electron chi connectivity index (χ0n) is 15.8.